The van der Waals surface area contributed by atoms with E-state index in [4.69, 9.17) is 5.73 Å². The third-order valence-corrected chi connectivity index (χ3v) is 3.28. The Morgan fingerprint density at radius 1 is 1.67 bits per heavy atom. The SMILES string of the molecule is CCC(C)C(N)C(=O)N1CCCC1C=O. The van der Waals surface area contributed by atoms with Crippen LogP contribution in [-0.2, 0) is 9.59 Å². The largest absolute Gasteiger partial charge is 0.332 e. The van der Waals surface area contributed by atoms with Gasteiger partial charge in [0.2, 0.25) is 5.91 Å². The first-order chi connectivity index (χ1) is 7.11. The molecule has 4 nitrogen and oxygen atoms in total. The Labute approximate surface area is 90.8 Å². The van der Waals surface area contributed by atoms with Gasteiger partial charge in [0.15, 0.2) is 0 Å². The molecule has 3 atom stereocenters. The van der Waals surface area contributed by atoms with Crippen LogP contribution in [0.4, 0.5) is 0 Å². The molecule has 0 aliphatic carbocycles. The summed E-state index contributed by atoms with van der Waals surface area (Å²) >= 11 is 0. The van der Waals surface area contributed by atoms with E-state index < -0.39 is 6.04 Å². The number of aldehydes is 1. The van der Waals surface area contributed by atoms with Crippen LogP contribution >= 0.6 is 0 Å². The average Bonchev–Trinajstić information content (AvgIpc) is 2.73. The quantitative estimate of drug-likeness (QED) is 0.692. The fourth-order valence-electron chi connectivity index (χ4n) is 1.90. The van der Waals surface area contributed by atoms with Gasteiger partial charge >= 0.3 is 0 Å². The van der Waals surface area contributed by atoms with Crippen molar-refractivity contribution in [2.45, 2.75) is 45.2 Å². The molecule has 0 aromatic heterocycles. The van der Waals surface area contributed by atoms with Gasteiger partial charge in [0.05, 0.1) is 12.1 Å². The minimum Gasteiger partial charge on any atom is -0.332 e. The van der Waals surface area contributed by atoms with E-state index in [1.165, 1.54) is 0 Å². The van der Waals surface area contributed by atoms with Crippen molar-refractivity contribution in [3.63, 3.8) is 0 Å². The second kappa shape index (κ2) is 5.26. The Morgan fingerprint density at radius 2 is 2.33 bits per heavy atom. The number of carbonyl (C=O) groups excluding carboxylic acids is 2. The first-order valence-corrected chi connectivity index (χ1v) is 5.63. The Kier molecular flexibility index (Phi) is 4.27. The highest BCUT2D eigenvalue weighted by atomic mass is 16.2. The summed E-state index contributed by atoms with van der Waals surface area (Å²) in [4.78, 5) is 24.3. The molecule has 1 amide bonds. The molecule has 1 saturated heterocycles. The smallest absolute Gasteiger partial charge is 0.240 e. The topological polar surface area (TPSA) is 63.4 Å². The maximum absolute atomic E-state index is 12.0. The van der Waals surface area contributed by atoms with Crippen molar-refractivity contribution in [1.29, 1.82) is 0 Å². The van der Waals surface area contributed by atoms with Crippen LogP contribution in [0.5, 0.6) is 0 Å². The fraction of sp³-hybridized carbons (Fsp3) is 0.818. The van der Waals surface area contributed by atoms with Gasteiger partial charge in [-0.3, -0.25) is 4.79 Å². The van der Waals surface area contributed by atoms with E-state index in [9.17, 15) is 9.59 Å². The van der Waals surface area contributed by atoms with Gasteiger partial charge in [0.25, 0.3) is 0 Å². The van der Waals surface area contributed by atoms with Crippen molar-refractivity contribution in [1.82, 2.24) is 4.90 Å². The molecule has 1 aliphatic rings. The first kappa shape index (κ1) is 12.2. The van der Waals surface area contributed by atoms with Crippen LogP contribution in [0.2, 0.25) is 0 Å². The minimum absolute atomic E-state index is 0.0704. The summed E-state index contributed by atoms with van der Waals surface area (Å²) in [5, 5.41) is 0. The molecule has 1 heterocycles. The molecule has 3 unspecified atom stereocenters. The van der Waals surface area contributed by atoms with E-state index in [0.717, 1.165) is 25.5 Å². The summed E-state index contributed by atoms with van der Waals surface area (Å²) in [6, 6.07) is -0.705. The summed E-state index contributed by atoms with van der Waals surface area (Å²) in [5.74, 6) is 0.101. The van der Waals surface area contributed by atoms with Gasteiger partial charge < -0.3 is 15.4 Å². The fourth-order valence-corrected chi connectivity index (χ4v) is 1.90. The average molecular weight is 212 g/mol. The summed E-state index contributed by atoms with van der Waals surface area (Å²) < 4.78 is 0. The van der Waals surface area contributed by atoms with Crippen LogP contribution in [-0.4, -0.2) is 35.7 Å². The molecule has 86 valence electrons. The second-order valence-electron chi connectivity index (χ2n) is 4.29. The molecular formula is C11H20N2O2. The van der Waals surface area contributed by atoms with E-state index in [1.807, 2.05) is 13.8 Å². The molecule has 0 bridgehead atoms. The lowest BCUT2D eigenvalue weighted by Crippen LogP contribution is -2.49. The maximum atomic E-state index is 12.0. The number of carbonyl (C=O) groups is 2. The molecule has 1 fully saturated rings. The lowest BCUT2D eigenvalue weighted by atomic mass is 9.99. The van der Waals surface area contributed by atoms with E-state index in [0.29, 0.717) is 6.54 Å². The molecule has 4 heteroatoms. The predicted molar refractivity (Wildman–Crippen MR) is 58.2 cm³/mol. The van der Waals surface area contributed by atoms with Gasteiger partial charge in [-0.15, -0.1) is 0 Å². The summed E-state index contributed by atoms with van der Waals surface area (Å²) in [5.41, 5.74) is 5.86. The predicted octanol–water partition coefficient (Wildman–Crippen LogP) is 0.550. The van der Waals surface area contributed by atoms with E-state index in [2.05, 4.69) is 0 Å². The minimum atomic E-state index is -0.462. The molecule has 0 saturated carbocycles. The lowest BCUT2D eigenvalue weighted by Gasteiger charge is -2.26. The lowest BCUT2D eigenvalue weighted by molar-refractivity contribution is -0.136. The Hall–Kier alpha value is -0.900. The zero-order valence-electron chi connectivity index (χ0n) is 9.48. The van der Waals surface area contributed by atoms with Crippen LogP contribution in [0, 0.1) is 5.92 Å². The molecular weight excluding hydrogens is 192 g/mol. The van der Waals surface area contributed by atoms with Crippen molar-refractivity contribution >= 4 is 12.2 Å². The molecule has 0 aromatic rings. The van der Waals surface area contributed by atoms with Crippen LogP contribution in [0.3, 0.4) is 0 Å². The van der Waals surface area contributed by atoms with Crippen molar-refractivity contribution in [2.24, 2.45) is 11.7 Å². The van der Waals surface area contributed by atoms with E-state index in [-0.39, 0.29) is 17.9 Å². The van der Waals surface area contributed by atoms with Crippen LogP contribution in [0.15, 0.2) is 0 Å². The van der Waals surface area contributed by atoms with Gasteiger partial charge in [-0.05, 0) is 18.8 Å². The number of hydrogen-bond acceptors (Lipinski definition) is 3. The zero-order valence-corrected chi connectivity index (χ0v) is 9.48. The van der Waals surface area contributed by atoms with Gasteiger partial charge in [-0.1, -0.05) is 20.3 Å². The summed E-state index contributed by atoms with van der Waals surface area (Å²) in [6.45, 7) is 4.65. The normalized spacial score (nSPS) is 25.0. The van der Waals surface area contributed by atoms with Crippen LogP contribution in [0.25, 0.3) is 0 Å². The number of amides is 1. The molecule has 2 N–H and O–H groups in total. The van der Waals surface area contributed by atoms with Crippen molar-refractivity contribution in [2.75, 3.05) is 6.54 Å². The highest BCUT2D eigenvalue weighted by Gasteiger charge is 2.32. The number of likely N-dealkylation sites (tertiary alicyclic amines) is 1. The molecule has 1 aliphatic heterocycles. The monoisotopic (exact) mass is 212 g/mol. The van der Waals surface area contributed by atoms with E-state index >= 15 is 0 Å². The Morgan fingerprint density at radius 3 is 2.87 bits per heavy atom. The van der Waals surface area contributed by atoms with E-state index in [1.54, 1.807) is 4.90 Å². The number of nitrogens with two attached hydrogens (primary N) is 1. The number of hydrogen-bond donors (Lipinski definition) is 1. The zero-order chi connectivity index (χ0) is 11.4. The third kappa shape index (κ3) is 2.56. The summed E-state index contributed by atoms with van der Waals surface area (Å²) in [7, 11) is 0. The first-order valence-electron chi connectivity index (χ1n) is 5.63. The Bertz CT molecular complexity index is 243. The maximum Gasteiger partial charge on any atom is 0.240 e. The summed E-state index contributed by atoms with van der Waals surface area (Å²) in [6.07, 6.45) is 3.42. The van der Waals surface area contributed by atoms with Crippen molar-refractivity contribution in [3.05, 3.63) is 0 Å². The molecule has 0 aromatic carbocycles. The Balaban J connectivity index is 2.63. The number of rotatable bonds is 4. The van der Waals surface area contributed by atoms with Crippen LogP contribution < -0.4 is 5.73 Å². The standard InChI is InChI=1S/C11H20N2O2/c1-3-8(2)10(12)11(15)13-6-4-5-9(13)7-14/h7-10H,3-6,12H2,1-2H3. The van der Waals surface area contributed by atoms with Crippen molar-refractivity contribution in [3.8, 4) is 0 Å². The second-order valence-corrected chi connectivity index (χ2v) is 4.29. The van der Waals surface area contributed by atoms with Gasteiger partial charge in [0.1, 0.15) is 6.29 Å². The van der Waals surface area contributed by atoms with Gasteiger partial charge in [0, 0.05) is 6.54 Å². The molecule has 15 heavy (non-hydrogen) atoms. The molecule has 0 spiro atoms. The van der Waals surface area contributed by atoms with Crippen molar-refractivity contribution < 1.29 is 9.59 Å². The molecule has 1 rings (SSSR count). The van der Waals surface area contributed by atoms with Gasteiger partial charge in [-0.25, -0.2) is 0 Å². The highest BCUT2D eigenvalue weighted by Crippen LogP contribution is 2.18. The van der Waals surface area contributed by atoms with Gasteiger partial charge in [-0.2, -0.15) is 0 Å². The third-order valence-electron chi connectivity index (χ3n) is 3.28. The highest BCUT2D eigenvalue weighted by molar-refractivity contribution is 5.85. The van der Waals surface area contributed by atoms with Crippen LogP contribution in [0.1, 0.15) is 33.1 Å². The number of nitrogens with zero attached hydrogens (tertiary/aromatic N) is 1. The molecule has 0 radical (unpaired) electrons.